The van der Waals surface area contributed by atoms with Gasteiger partial charge in [0.05, 0.1) is 28.4 Å². The van der Waals surface area contributed by atoms with Crippen LogP contribution in [0.25, 0.3) is 0 Å². The Morgan fingerprint density at radius 2 is 0.783 bits per heavy atom. The topological polar surface area (TPSA) is 179 Å². The highest BCUT2D eigenvalue weighted by Gasteiger charge is 2.19. The number of carboxylic acid groups (broad SMARTS) is 2. The lowest BCUT2D eigenvalue weighted by atomic mass is 9.98. The summed E-state index contributed by atoms with van der Waals surface area (Å²) >= 11 is 0. The number of hydrogen-bond donors (Lipinski definition) is 3. The number of aliphatic hydroxyl groups excluding tert-OH is 1. The average molecular weight is 827 g/mol. The molecule has 0 aromatic heterocycles. The molecule has 0 spiro atoms. The Balaban J connectivity index is 0.000000265. The molecule has 326 valence electrons. The second kappa shape index (κ2) is 28.2. The molecular formula is C50H66O10. The van der Waals surface area contributed by atoms with Crippen molar-refractivity contribution < 1.29 is 49.4 Å². The zero-order valence-electron chi connectivity index (χ0n) is 35.9. The summed E-state index contributed by atoms with van der Waals surface area (Å²) in [7, 11) is 0. The summed E-state index contributed by atoms with van der Waals surface area (Å²) in [5.74, 6) is -2.09. The molecule has 4 aromatic rings. The first-order valence-corrected chi connectivity index (χ1v) is 21.1. The number of aromatic carboxylic acids is 2. The van der Waals surface area contributed by atoms with E-state index in [9.17, 15) is 19.2 Å². The van der Waals surface area contributed by atoms with Crippen LogP contribution < -0.4 is 0 Å². The normalized spacial score (nSPS) is 15.2. The molecule has 3 saturated carbocycles. The molecule has 0 heterocycles. The smallest absolute Gasteiger partial charge is 0.338 e. The fourth-order valence-electron chi connectivity index (χ4n) is 6.82. The SMILES string of the molecule is Cc1ccc(C(=O)O)cc1.Cc1ccc(C(=O)OC2CCCCC2)cc1.Cc1cccc(C(=O)O)c1.Cc1cccc(C(=O)OC2CCCCC2)c1.O.OC1CCCCC1. The Morgan fingerprint density at radius 3 is 1.13 bits per heavy atom. The predicted molar refractivity (Wildman–Crippen MR) is 236 cm³/mol. The van der Waals surface area contributed by atoms with E-state index < -0.39 is 11.9 Å². The van der Waals surface area contributed by atoms with E-state index in [1.54, 1.807) is 42.5 Å². The van der Waals surface area contributed by atoms with E-state index in [1.165, 1.54) is 57.8 Å². The number of rotatable bonds is 6. The van der Waals surface area contributed by atoms with Crippen molar-refractivity contribution in [3.8, 4) is 0 Å². The van der Waals surface area contributed by atoms with E-state index in [-0.39, 0.29) is 35.7 Å². The minimum Gasteiger partial charge on any atom is -0.478 e. The van der Waals surface area contributed by atoms with Crippen molar-refractivity contribution in [3.05, 3.63) is 142 Å². The van der Waals surface area contributed by atoms with Crippen molar-refractivity contribution >= 4 is 23.9 Å². The molecule has 60 heavy (non-hydrogen) atoms. The summed E-state index contributed by atoms with van der Waals surface area (Å²) in [6, 6.07) is 28.7. The first-order chi connectivity index (χ1) is 28.3. The molecule has 0 amide bonds. The van der Waals surface area contributed by atoms with Crippen LogP contribution in [-0.2, 0) is 9.47 Å². The molecule has 0 saturated heterocycles. The highest BCUT2D eigenvalue weighted by atomic mass is 16.5. The first-order valence-electron chi connectivity index (χ1n) is 21.1. The molecule has 0 radical (unpaired) electrons. The van der Waals surface area contributed by atoms with Crippen LogP contribution in [0.4, 0.5) is 0 Å². The van der Waals surface area contributed by atoms with Crippen molar-refractivity contribution in [2.45, 2.75) is 142 Å². The molecule has 3 fully saturated rings. The number of aryl methyl sites for hydroxylation is 4. The molecule has 10 nitrogen and oxygen atoms in total. The van der Waals surface area contributed by atoms with Gasteiger partial charge in [0.1, 0.15) is 12.2 Å². The maximum absolute atomic E-state index is 11.8. The maximum Gasteiger partial charge on any atom is 0.338 e. The monoisotopic (exact) mass is 826 g/mol. The summed E-state index contributed by atoms with van der Waals surface area (Å²) in [4.78, 5) is 44.3. The van der Waals surface area contributed by atoms with Gasteiger partial charge < -0.3 is 30.3 Å². The average Bonchev–Trinajstić information content (AvgIpc) is 3.23. The van der Waals surface area contributed by atoms with Gasteiger partial charge >= 0.3 is 23.9 Å². The van der Waals surface area contributed by atoms with Crippen LogP contribution in [0.5, 0.6) is 0 Å². The molecule has 0 aliphatic heterocycles. The Morgan fingerprint density at radius 1 is 0.433 bits per heavy atom. The van der Waals surface area contributed by atoms with Crippen LogP contribution in [0, 0.1) is 27.7 Å². The van der Waals surface area contributed by atoms with Crippen molar-refractivity contribution in [1.29, 1.82) is 0 Å². The minimum atomic E-state index is -0.875. The van der Waals surface area contributed by atoms with Gasteiger partial charge in [-0.3, -0.25) is 0 Å². The third-order valence-corrected chi connectivity index (χ3v) is 10.3. The lowest BCUT2D eigenvalue weighted by Crippen LogP contribution is -2.20. The zero-order chi connectivity index (χ0) is 43.0. The number of carbonyl (C=O) groups is 4. The third-order valence-electron chi connectivity index (χ3n) is 10.3. The lowest BCUT2D eigenvalue weighted by Gasteiger charge is -2.21. The van der Waals surface area contributed by atoms with E-state index in [0.717, 1.165) is 60.8 Å². The van der Waals surface area contributed by atoms with E-state index in [2.05, 4.69) is 0 Å². The second-order valence-electron chi connectivity index (χ2n) is 15.7. The Hall–Kier alpha value is -5.32. The molecule has 4 aromatic carbocycles. The number of carbonyl (C=O) groups excluding carboxylic acids is 2. The number of aliphatic hydroxyl groups is 1. The fourth-order valence-corrected chi connectivity index (χ4v) is 6.82. The zero-order valence-corrected chi connectivity index (χ0v) is 35.9. The molecule has 7 rings (SSSR count). The van der Waals surface area contributed by atoms with E-state index in [1.807, 2.05) is 82.3 Å². The summed E-state index contributed by atoms with van der Waals surface area (Å²) in [5.41, 5.74) is 6.32. The van der Waals surface area contributed by atoms with Gasteiger partial charge in [0.25, 0.3) is 0 Å². The molecule has 3 aliphatic carbocycles. The number of esters is 2. The van der Waals surface area contributed by atoms with Gasteiger partial charge in [-0.2, -0.15) is 0 Å². The predicted octanol–water partition coefficient (Wildman–Crippen LogP) is 10.8. The van der Waals surface area contributed by atoms with Crippen molar-refractivity contribution in [1.82, 2.24) is 0 Å². The lowest BCUT2D eigenvalue weighted by molar-refractivity contribution is 0.0202. The number of carboxylic acids is 2. The third kappa shape index (κ3) is 20.6. The largest absolute Gasteiger partial charge is 0.478 e. The van der Waals surface area contributed by atoms with Crippen molar-refractivity contribution in [2.24, 2.45) is 0 Å². The molecule has 0 bridgehead atoms. The number of hydrogen-bond acceptors (Lipinski definition) is 7. The minimum absolute atomic E-state index is 0. The second-order valence-corrected chi connectivity index (χ2v) is 15.7. The van der Waals surface area contributed by atoms with Crippen molar-refractivity contribution in [2.75, 3.05) is 0 Å². The molecule has 0 unspecified atom stereocenters. The van der Waals surface area contributed by atoms with Crippen LogP contribution in [-0.4, -0.2) is 63.0 Å². The standard InChI is InChI=1S/2C14H18O2.2C8H8O2.C6H12O.H2O/c1-11-6-5-7-12(10-11)14(15)16-13-8-3-2-4-9-13;1-11-7-9-12(10-8-11)14(15)16-13-5-3-2-4-6-13;1-6-2-4-7(5-3-6)8(9)10;1-6-3-2-4-7(5-6)8(9)10;7-6-4-2-1-3-5-6;/h5-7,10,13H,2-4,8-9H2,1H3;7-10,13H,2-6H2,1H3;2*2-5H,1H3,(H,9,10);6-7H,1-5H2;1H2. The van der Waals surface area contributed by atoms with Gasteiger partial charge in [-0.1, -0.05) is 103 Å². The van der Waals surface area contributed by atoms with Gasteiger partial charge in [-0.05, 0) is 140 Å². The number of ether oxygens (including phenoxy) is 2. The van der Waals surface area contributed by atoms with Crippen LogP contribution in [0.3, 0.4) is 0 Å². The summed E-state index contributed by atoms with van der Waals surface area (Å²) in [6.07, 6.45) is 17.6. The summed E-state index contributed by atoms with van der Waals surface area (Å²) in [6.45, 7) is 7.78. The molecule has 5 N–H and O–H groups in total. The summed E-state index contributed by atoms with van der Waals surface area (Å²) in [5, 5.41) is 25.9. The van der Waals surface area contributed by atoms with Gasteiger partial charge in [-0.15, -0.1) is 0 Å². The highest BCUT2D eigenvalue weighted by molar-refractivity contribution is 5.90. The quantitative estimate of drug-likeness (QED) is 0.159. The first kappa shape index (κ1) is 50.8. The van der Waals surface area contributed by atoms with Gasteiger partial charge in [0.2, 0.25) is 0 Å². The molecule has 10 heteroatoms. The fraction of sp³-hybridized carbons (Fsp3) is 0.440. The van der Waals surface area contributed by atoms with E-state index >= 15 is 0 Å². The van der Waals surface area contributed by atoms with Crippen LogP contribution in [0.15, 0.2) is 97.1 Å². The van der Waals surface area contributed by atoms with E-state index in [4.69, 9.17) is 24.8 Å². The highest BCUT2D eigenvalue weighted by Crippen LogP contribution is 2.23. The summed E-state index contributed by atoms with van der Waals surface area (Å²) < 4.78 is 11.0. The number of benzene rings is 4. The van der Waals surface area contributed by atoms with E-state index in [0.29, 0.717) is 22.3 Å². The van der Waals surface area contributed by atoms with Gasteiger partial charge in [0.15, 0.2) is 0 Å². The Kier molecular flexibility index (Phi) is 23.9. The van der Waals surface area contributed by atoms with Crippen LogP contribution in [0.2, 0.25) is 0 Å². The maximum atomic E-state index is 11.8. The van der Waals surface area contributed by atoms with Crippen LogP contribution in [0.1, 0.15) is 160 Å². The Bertz CT molecular complexity index is 1850. The van der Waals surface area contributed by atoms with Gasteiger partial charge in [-0.25, -0.2) is 19.2 Å². The molecule has 3 aliphatic rings. The van der Waals surface area contributed by atoms with Crippen LogP contribution >= 0.6 is 0 Å². The molecule has 0 atom stereocenters. The Labute approximate surface area is 356 Å². The molecular weight excluding hydrogens is 761 g/mol. The van der Waals surface area contributed by atoms with Crippen molar-refractivity contribution in [3.63, 3.8) is 0 Å². The van der Waals surface area contributed by atoms with Gasteiger partial charge in [0, 0.05) is 0 Å².